The van der Waals surface area contributed by atoms with Gasteiger partial charge in [0.15, 0.2) is 0 Å². The summed E-state index contributed by atoms with van der Waals surface area (Å²) in [6.45, 7) is 5.03. The number of primary sulfonamides is 1. The molecule has 3 N–H and O–H groups in total. The lowest BCUT2D eigenvalue weighted by Gasteiger charge is -2.14. The van der Waals surface area contributed by atoms with Crippen molar-refractivity contribution in [2.75, 3.05) is 0 Å². The van der Waals surface area contributed by atoms with Crippen molar-refractivity contribution in [2.24, 2.45) is 5.14 Å². The molecular formula is C15H20N2O2S2. The summed E-state index contributed by atoms with van der Waals surface area (Å²) >= 11 is 1.76. The van der Waals surface area contributed by atoms with Crippen molar-refractivity contribution in [3.8, 4) is 0 Å². The number of benzene rings is 1. The van der Waals surface area contributed by atoms with Gasteiger partial charge >= 0.3 is 0 Å². The van der Waals surface area contributed by atoms with E-state index in [9.17, 15) is 8.42 Å². The van der Waals surface area contributed by atoms with E-state index < -0.39 is 10.0 Å². The molecule has 2 rings (SSSR count). The Morgan fingerprint density at radius 3 is 2.48 bits per heavy atom. The predicted molar refractivity (Wildman–Crippen MR) is 86.8 cm³/mol. The summed E-state index contributed by atoms with van der Waals surface area (Å²) in [4.78, 5) is 1.50. The van der Waals surface area contributed by atoms with Crippen LogP contribution in [-0.4, -0.2) is 8.42 Å². The summed E-state index contributed by atoms with van der Waals surface area (Å²) < 4.78 is 22.5. The molecule has 1 atom stereocenters. The SMILES string of the molecule is CCc1ccsc1CNC(C)c1ccc(S(N)(=O)=O)cc1. The molecule has 0 aliphatic carbocycles. The van der Waals surface area contributed by atoms with E-state index in [0.29, 0.717) is 0 Å². The number of nitrogens with one attached hydrogen (secondary N) is 1. The van der Waals surface area contributed by atoms with Crippen LogP contribution >= 0.6 is 11.3 Å². The summed E-state index contributed by atoms with van der Waals surface area (Å²) in [5, 5.41) is 10.7. The average Bonchev–Trinajstić information content (AvgIpc) is 2.91. The third kappa shape index (κ3) is 4.14. The first-order chi connectivity index (χ1) is 9.91. The number of aryl methyl sites for hydroxylation is 1. The van der Waals surface area contributed by atoms with Crippen molar-refractivity contribution in [1.29, 1.82) is 0 Å². The van der Waals surface area contributed by atoms with Crippen LogP contribution in [0.25, 0.3) is 0 Å². The smallest absolute Gasteiger partial charge is 0.238 e. The van der Waals surface area contributed by atoms with Gasteiger partial charge in [0.25, 0.3) is 0 Å². The van der Waals surface area contributed by atoms with Crippen LogP contribution in [0, 0.1) is 0 Å². The van der Waals surface area contributed by atoms with Crippen molar-refractivity contribution in [1.82, 2.24) is 5.32 Å². The van der Waals surface area contributed by atoms with E-state index in [2.05, 4.69) is 30.6 Å². The summed E-state index contributed by atoms with van der Waals surface area (Å²) in [5.74, 6) is 0. The minimum Gasteiger partial charge on any atom is -0.305 e. The largest absolute Gasteiger partial charge is 0.305 e. The van der Waals surface area contributed by atoms with Gasteiger partial charge in [0.2, 0.25) is 10.0 Å². The highest BCUT2D eigenvalue weighted by Gasteiger charge is 2.10. The van der Waals surface area contributed by atoms with Crippen LogP contribution in [0.3, 0.4) is 0 Å². The molecule has 0 saturated heterocycles. The summed E-state index contributed by atoms with van der Waals surface area (Å²) in [5.41, 5.74) is 2.42. The molecule has 0 saturated carbocycles. The highest BCUT2D eigenvalue weighted by atomic mass is 32.2. The summed E-state index contributed by atoms with van der Waals surface area (Å²) in [6, 6.07) is 9.00. The molecule has 1 aromatic heterocycles. The molecule has 21 heavy (non-hydrogen) atoms. The Bertz CT molecular complexity index is 691. The normalized spacial score (nSPS) is 13.3. The van der Waals surface area contributed by atoms with Gasteiger partial charge in [0, 0.05) is 17.5 Å². The number of hydrogen-bond donors (Lipinski definition) is 2. The molecular weight excluding hydrogens is 304 g/mol. The van der Waals surface area contributed by atoms with E-state index in [4.69, 9.17) is 5.14 Å². The maximum absolute atomic E-state index is 11.2. The number of rotatable bonds is 6. The van der Waals surface area contributed by atoms with Gasteiger partial charge in [-0.25, -0.2) is 13.6 Å². The maximum Gasteiger partial charge on any atom is 0.238 e. The molecule has 2 aromatic rings. The van der Waals surface area contributed by atoms with Gasteiger partial charge in [-0.05, 0) is 48.1 Å². The zero-order valence-corrected chi connectivity index (χ0v) is 13.8. The first kappa shape index (κ1) is 16.2. The van der Waals surface area contributed by atoms with Crippen LogP contribution in [-0.2, 0) is 23.0 Å². The Labute approximate surface area is 130 Å². The van der Waals surface area contributed by atoms with Crippen LogP contribution in [0.5, 0.6) is 0 Å². The van der Waals surface area contributed by atoms with Crippen molar-refractivity contribution in [3.63, 3.8) is 0 Å². The number of nitrogens with two attached hydrogens (primary N) is 1. The topological polar surface area (TPSA) is 72.2 Å². The van der Waals surface area contributed by atoms with Crippen LogP contribution in [0.4, 0.5) is 0 Å². The molecule has 0 bridgehead atoms. The van der Waals surface area contributed by atoms with Gasteiger partial charge < -0.3 is 5.32 Å². The third-order valence-corrected chi connectivity index (χ3v) is 5.39. The first-order valence-corrected chi connectivity index (χ1v) is 9.25. The van der Waals surface area contributed by atoms with E-state index in [1.165, 1.54) is 10.4 Å². The van der Waals surface area contributed by atoms with Gasteiger partial charge in [-0.15, -0.1) is 11.3 Å². The second-order valence-corrected chi connectivity index (χ2v) is 7.50. The van der Waals surface area contributed by atoms with E-state index >= 15 is 0 Å². The molecule has 0 aliphatic rings. The van der Waals surface area contributed by atoms with Crippen molar-refractivity contribution >= 4 is 21.4 Å². The zero-order chi connectivity index (χ0) is 15.5. The fraction of sp³-hybridized carbons (Fsp3) is 0.333. The second kappa shape index (κ2) is 6.70. The molecule has 0 spiro atoms. The fourth-order valence-corrected chi connectivity index (χ4v) is 3.59. The van der Waals surface area contributed by atoms with Crippen LogP contribution in [0.15, 0.2) is 40.6 Å². The minimum atomic E-state index is -3.62. The Kier molecular flexibility index (Phi) is 5.16. The summed E-state index contributed by atoms with van der Waals surface area (Å²) in [7, 11) is -3.62. The van der Waals surface area contributed by atoms with Gasteiger partial charge in [0.05, 0.1) is 4.90 Å². The highest BCUT2D eigenvalue weighted by Crippen LogP contribution is 2.20. The molecule has 0 amide bonds. The lowest BCUT2D eigenvalue weighted by atomic mass is 10.1. The molecule has 0 aliphatic heterocycles. The van der Waals surface area contributed by atoms with Crippen molar-refractivity contribution in [3.05, 3.63) is 51.7 Å². The van der Waals surface area contributed by atoms with E-state index in [1.807, 2.05) is 0 Å². The van der Waals surface area contributed by atoms with Crippen LogP contribution < -0.4 is 10.5 Å². The minimum absolute atomic E-state index is 0.143. The van der Waals surface area contributed by atoms with E-state index in [0.717, 1.165) is 18.5 Å². The third-order valence-electron chi connectivity index (χ3n) is 3.50. The average molecular weight is 324 g/mol. The van der Waals surface area contributed by atoms with E-state index in [1.54, 1.807) is 35.6 Å². The number of thiophene rings is 1. The molecule has 114 valence electrons. The molecule has 0 radical (unpaired) electrons. The Morgan fingerprint density at radius 2 is 1.90 bits per heavy atom. The maximum atomic E-state index is 11.2. The van der Waals surface area contributed by atoms with Crippen molar-refractivity contribution < 1.29 is 8.42 Å². The van der Waals surface area contributed by atoms with Gasteiger partial charge in [0.1, 0.15) is 0 Å². The number of sulfonamides is 1. The predicted octanol–water partition coefficient (Wildman–Crippen LogP) is 2.81. The molecule has 6 heteroatoms. The Hall–Kier alpha value is -1.21. The Morgan fingerprint density at radius 1 is 1.24 bits per heavy atom. The lowest BCUT2D eigenvalue weighted by molar-refractivity contribution is 0.576. The van der Waals surface area contributed by atoms with Gasteiger partial charge in [-0.1, -0.05) is 19.1 Å². The molecule has 4 nitrogen and oxygen atoms in total. The fourth-order valence-electron chi connectivity index (χ4n) is 2.15. The first-order valence-electron chi connectivity index (χ1n) is 6.83. The van der Waals surface area contributed by atoms with Gasteiger partial charge in [-0.2, -0.15) is 0 Å². The quantitative estimate of drug-likeness (QED) is 0.858. The monoisotopic (exact) mass is 324 g/mol. The van der Waals surface area contributed by atoms with Crippen LogP contribution in [0.2, 0.25) is 0 Å². The molecule has 1 unspecified atom stereocenters. The summed E-state index contributed by atoms with van der Waals surface area (Å²) in [6.07, 6.45) is 1.04. The van der Waals surface area contributed by atoms with Gasteiger partial charge in [-0.3, -0.25) is 0 Å². The van der Waals surface area contributed by atoms with Crippen molar-refractivity contribution in [2.45, 2.75) is 37.8 Å². The Balaban J connectivity index is 2.02. The zero-order valence-electron chi connectivity index (χ0n) is 12.2. The molecule has 1 heterocycles. The van der Waals surface area contributed by atoms with Crippen LogP contribution in [0.1, 0.15) is 35.9 Å². The molecule has 1 aromatic carbocycles. The lowest BCUT2D eigenvalue weighted by Crippen LogP contribution is -2.18. The molecule has 0 fully saturated rings. The highest BCUT2D eigenvalue weighted by molar-refractivity contribution is 7.89. The standard InChI is InChI=1S/C15H20N2O2S2/c1-3-12-8-9-20-15(12)10-17-11(2)13-4-6-14(7-5-13)21(16,18)19/h4-9,11,17H,3,10H2,1-2H3,(H2,16,18,19). The number of hydrogen-bond acceptors (Lipinski definition) is 4. The second-order valence-electron chi connectivity index (χ2n) is 4.94. The van der Waals surface area contributed by atoms with E-state index in [-0.39, 0.29) is 10.9 Å².